The first-order valence-corrected chi connectivity index (χ1v) is 7.88. The van der Waals surface area contributed by atoms with Crippen LogP contribution in [-0.2, 0) is 10.0 Å². The van der Waals surface area contributed by atoms with Crippen LogP contribution in [0.3, 0.4) is 0 Å². The minimum absolute atomic E-state index is 0.162. The Bertz CT molecular complexity index is 649. The third-order valence-electron chi connectivity index (χ3n) is 3.50. The van der Waals surface area contributed by atoms with Crippen molar-refractivity contribution >= 4 is 15.7 Å². The zero-order valence-electron chi connectivity index (χ0n) is 11.1. The van der Waals surface area contributed by atoms with Crippen LogP contribution < -0.4 is 0 Å². The molecule has 1 atom stereocenters. The molecule has 116 valence electrons. The molecule has 21 heavy (non-hydrogen) atoms. The van der Waals surface area contributed by atoms with E-state index in [0.717, 1.165) is 22.9 Å². The fourth-order valence-corrected chi connectivity index (χ4v) is 4.17. The number of piperidine rings is 1. The molecule has 1 aromatic carbocycles. The Morgan fingerprint density at radius 1 is 1.43 bits per heavy atom. The summed E-state index contributed by atoms with van der Waals surface area (Å²) in [5.41, 5.74) is -0.493. The van der Waals surface area contributed by atoms with Gasteiger partial charge >= 0.3 is 0 Å². The minimum atomic E-state index is -4.22. The molecule has 1 saturated heterocycles. The number of aliphatic hydroxyl groups excluding tert-OH is 1. The van der Waals surface area contributed by atoms with Gasteiger partial charge in [-0.15, -0.1) is 0 Å². The summed E-state index contributed by atoms with van der Waals surface area (Å²) in [7, 11) is -4.22. The zero-order valence-corrected chi connectivity index (χ0v) is 11.9. The molecule has 9 heteroatoms. The summed E-state index contributed by atoms with van der Waals surface area (Å²) < 4.78 is 39.9. The Labute approximate surface area is 121 Å². The highest BCUT2D eigenvalue weighted by Crippen LogP contribution is 2.28. The third kappa shape index (κ3) is 3.04. The van der Waals surface area contributed by atoms with Gasteiger partial charge in [0.25, 0.3) is 5.69 Å². The normalized spacial score (nSPS) is 20.4. The van der Waals surface area contributed by atoms with E-state index in [1.807, 2.05) is 0 Å². The van der Waals surface area contributed by atoms with Crippen molar-refractivity contribution in [2.24, 2.45) is 0 Å². The SMILES string of the molecule is O=[N+]([O-])c1ccc(F)c(S(=O)(=O)N2CCCCC2CO)c1. The Morgan fingerprint density at radius 2 is 2.14 bits per heavy atom. The van der Waals surface area contributed by atoms with Crippen molar-refractivity contribution in [3.05, 3.63) is 34.1 Å². The van der Waals surface area contributed by atoms with Crippen LogP contribution in [-0.4, -0.2) is 41.9 Å². The fraction of sp³-hybridized carbons (Fsp3) is 0.500. The molecule has 1 fully saturated rings. The number of nitrogens with zero attached hydrogens (tertiary/aromatic N) is 2. The number of sulfonamides is 1. The number of rotatable bonds is 4. The summed E-state index contributed by atoms with van der Waals surface area (Å²) in [6.07, 6.45) is 1.85. The molecule has 7 nitrogen and oxygen atoms in total. The van der Waals surface area contributed by atoms with Gasteiger partial charge in [0.2, 0.25) is 10.0 Å². The third-order valence-corrected chi connectivity index (χ3v) is 5.46. The second-order valence-electron chi connectivity index (χ2n) is 4.82. The van der Waals surface area contributed by atoms with Crippen LogP contribution >= 0.6 is 0 Å². The molecule has 1 aliphatic rings. The summed E-state index contributed by atoms with van der Waals surface area (Å²) in [6, 6.07) is 1.77. The van der Waals surface area contributed by atoms with Gasteiger partial charge in [0.1, 0.15) is 10.7 Å². The first-order valence-electron chi connectivity index (χ1n) is 6.44. The average molecular weight is 318 g/mol. The molecule has 0 bridgehead atoms. The van der Waals surface area contributed by atoms with Crippen LogP contribution in [0, 0.1) is 15.9 Å². The van der Waals surface area contributed by atoms with Crippen molar-refractivity contribution in [1.82, 2.24) is 4.31 Å². The van der Waals surface area contributed by atoms with Crippen LogP contribution in [0.4, 0.5) is 10.1 Å². The molecule has 0 radical (unpaired) electrons. The molecule has 2 rings (SSSR count). The second kappa shape index (κ2) is 6.04. The van der Waals surface area contributed by atoms with E-state index in [1.165, 1.54) is 0 Å². The molecule has 1 N–H and O–H groups in total. The Kier molecular flexibility index (Phi) is 4.55. The van der Waals surface area contributed by atoms with Crippen molar-refractivity contribution < 1.29 is 22.8 Å². The first-order chi connectivity index (χ1) is 9.87. The van der Waals surface area contributed by atoms with E-state index in [1.54, 1.807) is 0 Å². The maximum atomic E-state index is 13.8. The number of hydrogen-bond donors (Lipinski definition) is 1. The van der Waals surface area contributed by atoms with E-state index < -0.39 is 37.4 Å². The summed E-state index contributed by atoms with van der Waals surface area (Å²) in [5.74, 6) is -1.04. The van der Waals surface area contributed by atoms with Crippen LogP contribution in [0.2, 0.25) is 0 Å². The van der Waals surface area contributed by atoms with Crippen LogP contribution in [0.25, 0.3) is 0 Å². The van der Waals surface area contributed by atoms with Gasteiger partial charge in [-0.05, 0) is 18.9 Å². The zero-order chi connectivity index (χ0) is 15.6. The lowest BCUT2D eigenvalue weighted by atomic mass is 10.1. The second-order valence-corrected chi connectivity index (χ2v) is 6.68. The Balaban J connectivity index is 2.47. The Hall–Kier alpha value is -1.58. The van der Waals surface area contributed by atoms with Gasteiger partial charge in [0, 0.05) is 24.7 Å². The quantitative estimate of drug-likeness (QED) is 0.665. The smallest absolute Gasteiger partial charge is 0.270 e. The van der Waals surface area contributed by atoms with Gasteiger partial charge < -0.3 is 5.11 Å². The molecule has 0 spiro atoms. The van der Waals surface area contributed by atoms with Crippen LogP contribution in [0.15, 0.2) is 23.1 Å². The number of hydrogen-bond acceptors (Lipinski definition) is 5. The molecule has 1 unspecified atom stereocenters. The van der Waals surface area contributed by atoms with E-state index in [0.29, 0.717) is 18.9 Å². The fourth-order valence-electron chi connectivity index (χ4n) is 2.40. The van der Waals surface area contributed by atoms with Gasteiger partial charge in [0.15, 0.2) is 0 Å². The number of aliphatic hydroxyl groups is 1. The maximum Gasteiger partial charge on any atom is 0.270 e. The number of nitro groups is 1. The lowest BCUT2D eigenvalue weighted by Gasteiger charge is -2.33. The van der Waals surface area contributed by atoms with Gasteiger partial charge in [0.05, 0.1) is 11.5 Å². The predicted molar refractivity (Wildman–Crippen MR) is 71.7 cm³/mol. The molecular formula is C12H15FN2O5S. The summed E-state index contributed by atoms with van der Waals surface area (Å²) in [4.78, 5) is 9.22. The van der Waals surface area contributed by atoms with Gasteiger partial charge in [-0.3, -0.25) is 10.1 Å². The van der Waals surface area contributed by atoms with Crippen molar-refractivity contribution in [2.75, 3.05) is 13.2 Å². The molecule has 0 amide bonds. The molecule has 0 saturated carbocycles. The molecule has 1 aliphatic heterocycles. The summed E-state index contributed by atoms with van der Waals surface area (Å²) >= 11 is 0. The van der Waals surface area contributed by atoms with Gasteiger partial charge in [-0.2, -0.15) is 4.31 Å². The Morgan fingerprint density at radius 3 is 2.76 bits per heavy atom. The van der Waals surface area contributed by atoms with Crippen LogP contribution in [0.5, 0.6) is 0 Å². The van der Waals surface area contributed by atoms with Crippen molar-refractivity contribution in [3.8, 4) is 0 Å². The number of nitro benzene ring substituents is 1. The molecule has 1 aromatic rings. The maximum absolute atomic E-state index is 13.8. The lowest BCUT2D eigenvalue weighted by molar-refractivity contribution is -0.385. The van der Waals surface area contributed by atoms with E-state index in [-0.39, 0.29) is 13.2 Å². The number of benzene rings is 1. The first kappa shape index (κ1) is 15.8. The monoisotopic (exact) mass is 318 g/mol. The highest BCUT2D eigenvalue weighted by molar-refractivity contribution is 7.89. The average Bonchev–Trinajstić information content (AvgIpc) is 2.47. The van der Waals surface area contributed by atoms with E-state index in [9.17, 15) is 28.0 Å². The summed E-state index contributed by atoms with van der Waals surface area (Å²) in [6.45, 7) is -0.203. The standard InChI is InChI=1S/C12H15FN2O5S/c13-11-5-4-9(15(17)18)7-12(11)21(19,20)14-6-2-1-3-10(14)8-16/h4-5,7,10,16H,1-3,6,8H2. The van der Waals surface area contributed by atoms with Crippen molar-refractivity contribution in [2.45, 2.75) is 30.2 Å². The molecule has 1 heterocycles. The van der Waals surface area contributed by atoms with E-state index in [4.69, 9.17) is 0 Å². The highest BCUT2D eigenvalue weighted by atomic mass is 32.2. The molecule has 0 aliphatic carbocycles. The van der Waals surface area contributed by atoms with Crippen molar-refractivity contribution in [3.63, 3.8) is 0 Å². The number of non-ortho nitro benzene ring substituents is 1. The lowest BCUT2D eigenvalue weighted by Crippen LogP contribution is -2.45. The highest BCUT2D eigenvalue weighted by Gasteiger charge is 2.35. The van der Waals surface area contributed by atoms with Gasteiger partial charge in [-0.1, -0.05) is 6.42 Å². The predicted octanol–water partition coefficient (Wildman–Crippen LogP) is 1.27. The largest absolute Gasteiger partial charge is 0.395 e. The molecular weight excluding hydrogens is 303 g/mol. The van der Waals surface area contributed by atoms with E-state index >= 15 is 0 Å². The minimum Gasteiger partial charge on any atom is -0.395 e. The van der Waals surface area contributed by atoms with Crippen molar-refractivity contribution in [1.29, 1.82) is 0 Å². The molecule has 0 aromatic heterocycles. The van der Waals surface area contributed by atoms with Gasteiger partial charge in [-0.25, -0.2) is 12.8 Å². The number of halogens is 1. The topological polar surface area (TPSA) is 101 Å². The summed E-state index contributed by atoms with van der Waals surface area (Å²) in [5, 5.41) is 20.0. The van der Waals surface area contributed by atoms with E-state index in [2.05, 4.69) is 0 Å². The van der Waals surface area contributed by atoms with Crippen LogP contribution in [0.1, 0.15) is 19.3 Å².